The molecule has 0 aliphatic rings. The molecule has 0 bridgehead atoms. The number of rotatable bonds is 2. The van der Waals surface area contributed by atoms with Gasteiger partial charge in [0, 0.05) is 30.6 Å². The summed E-state index contributed by atoms with van der Waals surface area (Å²) in [6.45, 7) is 2.11. The van der Waals surface area contributed by atoms with Gasteiger partial charge in [-0.25, -0.2) is 4.98 Å². The summed E-state index contributed by atoms with van der Waals surface area (Å²) in [5, 5.41) is 0. The predicted octanol–water partition coefficient (Wildman–Crippen LogP) is 3.46. The molecule has 0 amide bonds. The van der Waals surface area contributed by atoms with Gasteiger partial charge in [-0.1, -0.05) is 24.3 Å². The fourth-order valence-electron chi connectivity index (χ4n) is 2.32. The molecule has 0 aliphatic carbocycles. The van der Waals surface area contributed by atoms with Crippen LogP contribution in [-0.2, 0) is 7.05 Å². The molecule has 0 saturated heterocycles. The minimum atomic E-state index is 1.02. The van der Waals surface area contributed by atoms with Gasteiger partial charge in [-0.15, -0.1) is 0 Å². The summed E-state index contributed by atoms with van der Waals surface area (Å²) >= 11 is 0. The van der Waals surface area contributed by atoms with Gasteiger partial charge in [0.15, 0.2) is 0 Å². The van der Waals surface area contributed by atoms with Crippen LogP contribution in [0.5, 0.6) is 0 Å². The molecule has 0 atom stereocenters. The van der Waals surface area contributed by atoms with Crippen LogP contribution < -0.4 is 0 Å². The first-order chi connectivity index (χ1) is 9.27. The topological polar surface area (TPSA) is 30.7 Å². The molecule has 0 spiro atoms. The van der Waals surface area contributed by atoms with Crippen molar-refractivity contribution in [2.24, 2.45) is 7.05 Å². The maximum Gasteiger partial charge on any atom is 0.0965 e. The van der Waals surface area contributed by atoms with Crippen LogP contribution >= 0.6 is 0 Å². The van der Waals surface area contributed by atoms with E-state index in [1.165, 1.54) is 11.1 Å². The second-order valence-electron chi connectivity index (χ2n) is 4.60. The van der Waals surface area contributed by atoms with Gasteiger partial charge in [-0.2, -0.15) is 0 Å². The maximum atomic E-state index is 4.57. The Morgan fingerprint density at radius 2 is 1.74 bits per heavy atom. The number of aryl methyl sites for hydroxylation is 2. The fraction of sp³-hybridized carbons (Fsp3) is 0.125. The van der Waals surface area contributed by atoms with E-state index in [4.69, 9.17) is 0 Å². The number of pyridine rings is 1. The molecule has 3 aromatic rings. The molecular weight excluding hydrogens is 234 g/mol. The highest BCUT2D eigenvalue weighted by Crippen LogP contribution is 2.31. The van der Waals surface area contributed by atoms with E-state index < -0.39 is 0 Å². The monoisotopic (exact) mass is 249 g/mol. The van der Waals surface area contributed by atoms with E-state index in [9.17, 15) is 0 Å². The highest BCUT2D eigenvalue weighted by Gasteiger charge is 2.14. The molecule has 0 N–H and O–H groups in total. The van der Waals surface area contributed by atoms with Crippen LogP contribution in [0.15, 0.2) is 55.1 Å². The molecule has 1 aromatic carbocycles. The molecule has 0 radical (unpaired) electrons. The lowest BCUT2D eigenvalue weighted by Gasteiger charge is -2.08. The van der Waals surface area contributed by atoms with Crippen molar-refractivity contribution in [2.75, 3.05) is 0 Å². The lowest BCUT2D eigenvalue weighted by molar-refractivity contribution is 0.921. The molecular formula is C16H15N3. The Balaban J connectivity index is 2.23. The van der Waals surface area contributed by atoms with Crippen LogP contribution in [0.1, 0.15) is 5.56 Å². The number of imidazole rings is 1. The first-order valence-corrected chi connectivity index (χ1v) is 6.25. The highest BCUT2D eigenvalue weighted by molar-refractivity contribution is 5.79. The van der Waals surface area contributed by atoms with Crippen LogP contribution in [0.25, 0.3) is 22.5 Å². The third-order valence-electron chi connectivity index (χ3n) is 3.29. The summed E-state index contributed by atoms with van der Waals surface area (Å²) in [6.07, 6.45) is 5.48. The van der Waals surface area contributed by atoms with Crippen LogP contribution in [0, 0.1) is 6.92 Å². The van der Waals surface area contributed by atoms with Crippen LogP contribution in [-0.4, -0.2) is 14.5 Å². The van der Waals surface area contributed by atoms with E-state index in [1.807, 2.05) is 50.0 Å². The molecule has 19 heavy (non-hydrogen) atoms. The number of aromatic nitrogens is 3. The first-order valence-electron chi connectivity index (χ1n) is 6.25. The number of hydrogen-bond donors (Lipinski definition) is 0. The molecule has 3 rings (SSSR count). The molecule has 0 fully saturated rings. The lowest BCUT2D eigenvalue weighted by Crippen LogP contribution is -1.92. The van der Waals surface area contributed by atoms with Crippen molar-refractivity contribution in [1.82, 2.24) is 14.5 Å². The van der Waals surface area contributed by atoms with Crippen molar-refractivity contribution in [3.63, 3.8) is 0 Å². The van der Waals surface area contributed by atoms with Crippen molar-refractivity contribution >= 4 is 0 Å². The Kier molecular flexibility index (Phi) is 2.88. The van der Waals surface area contributed by atoms with Crippen molar-refractivity contribution in [2.45, 2.75) is 6.92 Å². The van der Waals surface area contributed by atoms with Crippen molar-refractivity contribution in [3.05, 3.63) is 60.7 Å². The average Bonchev–Trinajstić information content (AvgIpc) is 2.82. The van der Waals surface area contributed by atoms with Crippen molar-refractivity contribution in [3.8, 4) is 22.5 Å². The van der Waals surface area contributed by atoms with E-state index >= 15 is 0 Å². The van der Waals surface area contributed by atoms with E-state index in [-0.39, 0.29) is 0 Å². The molecule has 0 unspecified atom stereocenters. The zero-order valence-corrected chi connectivity index (χ0v) is 11.0. The summed E-state index contributed by atoms with van der Waals surface area (Å²) in [5.74, 6) is 0. The Hall–Kier alpha value is -2.42. The summed E-state index contributed by atoms with van der Waals surface area (Å²) in [4.78, 5) is 8.64. The number of hydrogen-bond acceptors (Lipinski definition) is 2. The summed E-state index contributed by atoms with van der Waals surface area (Å²) in [7, 11) is 2.02. The highest BCUT2D eigenvalue weighted by atomic mass is 15.0. The second kappa shape index (κ2) is 4.69. The predicted molar refractivity (Wildman–Crippen MR) is 76.6 cm³/mol. The Labute approximate surface area is 112 Å². The molecule has 0 aliphatic heterocycles. The standard InChI is InChI=1S/C16H15N3/c1-12-5-3-4-6-14(12)15-16(19(2)11-18-15)13-7-9-17-10-8-13/h3-11H,1-2H3. The van der Waals surface area contributed by atoms with Gasteiger partial charge < -0.3 is 4.57 Å². The second-order valence-corrected chi connectivity index (χ2v) is 4.60. The van der Waals surface area contributed by atoms with Gasteiger partial charge in [0.25, 0.3) is 0 Å². The van der Waals surface area contributed by atoms with Crippen LogP contribution in [0.4, 0.5) is 0 Å². The Morgan fingerprint density at radius 3 is 2.47 bits per heavy atom. The number of nitrogens with zero attached hydrogens (tertiary/aromatic N) is 3. The van der Waals surface area contributed by atoms with Gasteiger partial charge in [-0.05, 0) is 24.6 Å². The van der Waals surface area contributed by atoms with Gasteiger partial charge in [-0.3, -0.25) is 4.98 Å². The molecule has 3 nitrogen and oxygen atoms in total. The summed E-state index contributed by atoms with van der Waals surface area (Å²) in [5.41, 5.74) is 5.68. The molecule has 2 heterocycles. The Bertz CT molecular complexity index is 699. The molecule has 94 valence electrons. The number of benzene rings is 1. The largest absolute Gasteiger partial charge is 0.333 e. The van der Waals surface area contributed by atoms with E-state index in [0.29, 0.717) is 0 Å². The molecule has 0 saturated carbocycles. The minimum absolute atomic E-state index is 1.02. The van der Waals surface area contributed by atoms with Gasteiger partial charge >= 0.3 is 0 Å². The fourth-order valence-corrected chi connectivity index (χ4v) is 2.32. The molecule has 3 heteroatoms. The quantitative estimate of drug-likeness (QED) is 0.696. The van der Waals surface area contributed by atoms with Gasteiger partial charge in [0.05, 0.1) is 17.7 Å². The van der Waals surface area contributed by atoms with E-state index in [2.05, 4.69) is 33.6 Å². The summed E-state index contributed by atoms with van der Waals surface area (Å²) < 4.78 is 2.05. The van der Waals surface area contributed by atoms with Crippen LogP contribution in [0.3, 0.4) is 0 Å². The normalized spacial score (nSPS) is 10.6. The van der Waals surface area contributed by atoms with Gasteiger partial charge in [0.1, 0.15) is 0 Å². The SMILES string of the molecule is Cc1ccccc1-c1ncn(C)c1-c1ccncc1. The Morgan fingerprint density at radius 1 is 1.00 bits per heavy atom. The minimum Gasteiger partial charge on any atom is -0.333 e. The first kappa shape index (κ1) is 11.7. The third kappa shape index (κ3) is 2.03. The third-order valence-corrected chi connectivity index (χ3v) is 3.29. The van der Waals surface area contributed by atoms with Gasteiger partial charge in [0.2, 0.25) is 0 Å². The smallest absolute Gasteiger partial charge is 0.0965 e. The van der Waals surface area contributed by atoms with Crippen molar-refractivity contribution in [1.29, 1.82) is 0 Å². The van der Waals surface area contributed by atoms with Crippen molar-refractivity contribution < 1.29 is 0 Å². The maximum absolute atomic E-state index is 4.57. The van der Waals surface area contributed by atoms with E-state index in [0.717, 1.165) is 17.0 Å². The van der Waals surface area contributed by atoms with Crippen LogP contribution in [0.2, 0.25) is 0 Å². The van der Waals surface area contributed by atoms with E-state index in [1.54, 1.807) is 0 Å². The zero-order valence-electron chi connectivity index (χ0n) is 11.0. The molecule has 2 aromatic heterocycles. The zero-order chi connectivity index (χ0) is 13.2. The summed E-state index contributed by atoms with van der Waals surface area (Å²) in [6, 6.07) is 12.3. The lowest BCUT2D eigenvalue weighted by atomic mass is 10.0. The average molecular weight is 249 g/mol.